The molecular weight excluding hydrogens is 587 g/mol. The van der Waals surface area contributed by atoms with Crippen molar-refractivity contribution in [1.82, 2.24) is 14.9 Å². The van der Waals surface area contributed by atoms with Crippen molar-refractivity contribution in [1.29, 1.82) is 0 Å². The van der Waals surface area contributed by atoms with Crippen LogP contribution in [0.2, 0.25) is 0 Å². The Hall–Kier alpha value is -4.90. The van der Waals surface area contributed by atoms with Crippen LogP contribution < -0.4 is 24.6 Å². The van der Waals surface area contributed by atoms with Gasteiger partial charge in [-0.1, -0.05) is 17.7 Å². The molecule has 1 aliphatic heterocycles. The molecule has 11 heteroatoms. The fourth-order valence-electron chi connectivity index (χ4n) is 6.18. The minimum atomic E-state index is -1.22. The highest BCUT2D eigenvalue weighted by molar-refractivity contribution is 5.87. The number of carboxylic acid groups (broad SMARTS) is 1. The smallest absolute Gasteiger partial charge is 0.413 e. The first-order chi connectivity index (χ1) is 22.0. The van der Waals surface area contributed by atoms with Gasteiger partial charge in [0.05, 0.1) is 25.9 Å². The number of methoxy groups -OCH3 is 2. The molecule has 0 saturated carbocycles. The third kappa shape index (κ3) is 6.84. The van der Waals surface area contributed by atoms with Gasteiger partial charge in [-0.3, -0.25) is 0 Å². The fraction of sp³-hybridized carbons (Fsp3) is 0.343. The minimum absolute atomic E-state index is 0.128. The van der Waals surface area contributed by atoms with E-state index in [4.69, 9.17) is 9.47 Å². The first kappa shape index (κ1) is 32.5. The van der Waals surface area contributed by atoms with Crippen LogP contribution in [0.3, 0.4) is 0 Å². The quantitative estimate of drug-likeness (QED) is 0.209. The number of piperazine rings is 1. The number of likely N-dealkylation sites (N-methyl/N-ethyl adjacent to an activating group) is 1. The number of benzene rings is 3. The molecule has 0 bridgehead atoms. The van der Waals surface area contributed by atoms with Gasteiger partial charge < -0.3 is 29.7 Å². The van der Waals surface area contributed by atoms with Crippen LogP contribution in [0.1, 0.15) is 40.8 Å². The standard InChI is InChI=1S/C35H41FN6O4/c1-21-14-22(2)32(23(3)15-21)33(25-16-27(45-6)19-28(17-25)46-7)42(35(43)44)31-10-11-37-34(39-31)38-26-8-9-30(29(36)18-26)41-13-12-40(5)24(4)20-41/h8-11,14-19,24,33H,12-13,20H2,1-7H3,(H,43,44)(H,37,38,39). The van der Waals surface area contributed by atoms with Gasteiger partial charge >= 0.3 is 6.09 Å². The van der Waals surface area contributed by atoms with Gasteiger partial charge in [0.25, 0.3) is 0 Å². The van der Waals surface area contributed by atoms with Crippen LogP contribution in [-0.4, -0.2) is 73.0 Å². The summed E-state index contributed by atoms with van der Waals surface area (Å²) in [5.74, 6) is 0.952. The molecule has 3 aromatic carbocycles. The van der Waals surface area contributed by atoms with Crippen molar-refractivity contribution in [3.05, 3.63) is 94.4 Å². The highest BCUT2D eigenvalue weighted by Gasteiger charge is 2.33. The SMILES string of the molecule is COc1cc(OC)cc(C(c2c(C)cc(C)cc2C)N(C(=O)O)c2ccnc(Nc3ccc(N4CCN(C)C(C)C4)c(F)c3)n2)c1. The zero-order chi connectivity index (χ0) is 33.1. The van der Waals surface area contributed by atoms with Crippen LogP contribution >= 0.6 is 0 Å². The second-order valence-electron chi connectivity index (χ2n) is 11.8. The molecule has 1 saturated heterocycles. The molecule has 4 aromatic rings. The molecule has 1 aromatic heterocycles. The lowest BCUT2D eigenvalue weighted by Crippen LogP contribution is -2.50. The number of rotatable bonds is 9. The van der Waals surface area contributed by atoms with Crippen LogP contribution in [0.5, 0.6) is 11.5 Å². The van der Waals surface area contributed by atoms with Crippen LogP contribution in [0.25, 0.3) is 0 Å². The Balaban J connectivity index is 1.54. The fourth-order valence-corrected chi connectivity index (χ4v) is 6.18. The number of amides is 1. The van der Waals surface area contributed by atoms with E-state index in [1.807, 2.05) is 32.9 Å². The molecule has 2 N–H and O–H groups in total. The van der Waals surface area contributed by atoms with E-state index in [9.17, 15) is 9.90 Å². The Bertz CT molecular complexity index is 1690. The molecule has 46 heavy (non-hydrogen) atoms. The minimum Gasteiger partial charge on any atom is -0.497 e. The van der Waals surface area contributed by atoms with Gasteiger partial charge in [-0.05, 0) is 93.4 Å². The number of halogens is 1. The van der Waals surface area contributed by atoms with Gasteiger partial charge in [-0.25, -0.2) is 19.1 Å². The van der Waals surface area contributed by atoms with E-state index in [-0.39, 0.29) is 17.6 Å². The molecule has 1 aliphatic rings. The molecule has 0 spiro atoms. The van der Waals surface area contributed by atoms with E-state index >= 15 is 4.39 Å². The summed E-state index contributed by atoms with van der Waals surface area (Å²) in [4.78, 5) is 27.6. The molecule has 1 fully saturated rings. The van der Waals surface area contributed by atoms with Gasteiger partial charge in [0.15, 0.2) is 0 Å². The van der Waals surface area contributed by atoms with E-state index < -0.39 is 12.1 Å². The van der Waals surface area contributed by atoms with Crippen LogP contribution in [0.4, 0.5) is 32.3 Å². The van der Waals surface area contributed by atoms with E-state index in [1.54, 1.807) is 50.6 Å². The average molecular weight is 629 g/mol. The Kier molecular flexibility index (Phi) is 9.62. The number of ether oxygens (including phenoxy) is 2. The maximum absolute atomic E-state index is 15.3. The lowest BCUT2D eigenvalue weighted by atomic mass is 9.88. The van der Waals surface area contributed by atoms with Crippen LogP contribution in [0, 0.1) is 26.6 Å². The monoisotopic (exact) mass is 628 g/mol. The topological polar surface area (TPSA) is 103 Å². The molecular formula is C35H41FN6O4. The summed E-state index contributed by atoms with van der Waals surface area (Å²) in [5, 5.41) is 13.8. The van der Waals surface area contributed by atoms with Crippen molar-refractivity contribution in [3.8, 4) is 11.5 Å². The van der Waals surface area contributed by atoms with E-state index in [1.165, 1.54) is 17.2 Å². The number of aromatic nitrogens is 2. The largest absolute Gasteiger partial charge is 0.497 e. The van der Waals surface area contributed by atoms with Gasteiger partial charge in [0.2, 0.25) is 5.95 Å². The number of nitrogens with one attached hydrogen (secondary N) is 1. The van der Waals surface area contributed by atoms with Crippen molar-refractivity contribution in [2.45, 2.75) is 39.8 Å². The molecule has 5 rings (SSSR count). The third-order valence-electron chi connectivity index (χ3n) is 8.56. The average Bonchev–Trinajstić information content (AvgIpc) is 3.01. The number of hydrogen-bond donors (Lipinski definition) is 2. The molecule has 242 valence electrons. The zero-order valence-corrected chi connectivity index (χ0v) is 27.3. The highest BCUT2D eigenvalue weighted by Crippen LogP contribution is 2.39. The summed E-state index contributed by atoms with van der Waals surface area (Å²) in [7, 11) is 5.17. The van der Waals surface area contributed by atoms with Crippen molar-refractivity contribution in [2.24, 2.45) is 0 Å². The lowest BCUT2D eigenvalue weighted by Gasteiger charge is -2.39. The number of hydrogen-bond acceptors (Lipinski definition) is 8. The summed E-state index contributed by atoms with van der Waals surface area (Å²) < 4.78 is 26.4. The Labute approximate surface area is 269 Å². The maximum Gasteiger partial charge on any atom is 0.413 e. The Morgan fingerprint density at radius 3 is 2.28 bits per heavy atom. The predicted octanol–water partition coefficient (Wildman–Crippen LogP) is 6.72. The van der Waals surface area contributed by atoms with Crippen molar-refractivity contribution >= 4 is 29.2 Å². The molecule has 0 radical (unpaired) electrons. The Morgan fingerprint density at radius 1 is 1.02 bits per heavy atom. The second kappa shape index (κ2) is 13.6. The van der Waals surface area contributed by atoms with E-state index in [2.05, 4.69) is 39.1 Å². The number of aryl methyl sites for hydroxylation is 3. The molecule has 10 nitrogen and oxygen atoms in total. The van der Waals surface area contributed by atoms with Gasteiger partial charge in [-0.15, -0.1) is 0 Å². The summed E-state index contributed by atoms with van der Waals surface area (Å²) >= 11 is 0. The number of anilines is 4. The Morgan fingerprint density at radius 2 is 1.70 bits per heavy atom. The third-order valence-corrected chi connectivity index (χ3v) is 8.56. The van der Waals surface area contributed by atoms with Crippen LogP contribution in [-0.2, 0) is 0 Å². The predicted molar refractivity (Wildman–Crippen MR) is 179 cm³/mol. The van der Waals surface area contributed by atoms with E-state index in [0.717, 1.165) is 41.9 Å². The summed E-state index contributed by atoms with van der Waals surface area (Å²) in [6.07, 6.45) is 0.266. The first-order valence-corrected chi connectivity index (χ1v) is 15.2. The van der Waals surface area contributed by atoms with Crippen molar-refractivity contribution < 1.29 is 23.8 Å². The maximum atomic E-state index is 15.3. The highest BCUT2D eigenvalue weighted by atomic mass is 19.1. The van der Waals surface area contributed by atoms with Gasteiger partial charge in [-0.2, -0.15) is 4.98 Å². The second-order valence-corrected chi connectivity index (χ2v) is 11.8. The molecule has 1 amide bonds. The normalized spacial score (nSPS) is 15.7. The van der Waals surface area contributed by atoms with Crippen molar-refractivity contribution in [2.75, 3.05) is 56.0 Å². The number of nitrogens with zero attached hydrogens (tertiary/aromatic N) is 5. The molecule has 2 atom stereocenters. The summed E-state index contributed by atoms with van der Waals surface area (Å²) in [5.41, 5.74) is 5.35. The lowest BCUT2D eigenvalue weighted by molar-refractivity contribution is 0.199. The zero-order valence-electron chi connectivity index (χ0n) is 27.3. The van der Waals surface area contributed by atoms with Gasteiger partial charge in [0.1, 0.15) is 23.1 Å². The van der Waals surface area contributed by atoms with Gasteiger partial charge in [0, 0.05) is 43.6 Å². The summed E-state index contributed by atoms with van der Waals surface area (Å²) in [6.45, 7) is 10.4. The molecule has 0 aliphatic carbocycles. The molecule has 2 unspecified atom stereocenters. The molecule has 2 heterocycles. The number of carbonyl (C=O) groups is 1. The van der Waals surface area contributed by atoms with Crippen molar-refractivity contribution in [3.63, 3.8) is 0 Å². The summed E-state index contributed by atoms with van der Waals surface area (Å²) in [6, 6.07) is 15.4. The first-order valence-electron chi connectivity index (χ1n) is 15.2. The van der Waals surface area contributed by atoms with E-state index in [0.29, 0.717) is 34.5 Å². The van der Waals surface area contributed by atoms with Crippen LogP contribution in [0.15, 0.2) is 60.8 Å².